The Morgan fingerprint density at radius 1 is 0.900 bits per heavy atom. The van der Waals surface area contributed by atoms with Gasteiger partial charge in [0.15, 0.2) is 0 Å². The van der Waals surface area contributed by atoms with Crippen molar-refractivity contribution in [3.8, 4) is 11.5 Å². The van der Waals surface area contributed by atoms with Gasteiger partial charge in [0.1, 0.15) is 11.5 Å². The largest absolute Gasteiger partial charge is 0.497 e. The third-order valence-corrected chi connectivity index (χ3v) is 7.14. The molecule has 0 amide bonds. The molecule has 30 heavy (non-hydrogen) atoms. The summed E-state index contributed by atoms with van der Waals surface area (Å²) in [6, 6.07) is 17.7. The fourth-order valence-corrected chi connectivity index (χ4v) is 5.36. The first-order valence-electron chi connectivity index (χ1n) is 11.4. The van der Waals surface area contributed by atoms with Gasteiger partial charge in [-0.2, -0.15) is 0 Å². The first-order chi connectivity index (χ1) is 14.7. The normalized spacial score (nSPS) is 25.5. The molecule has 0 spiro atoms. The van der Waals surface area contributed by atoms with Gasteiger partial charge in [0.05, 0.1) is 14.2 Å². The van der Waals surface area contributed by atoms with E-state index >= 15 is 0 Å². The fourth-order valence-electron chi connectivity index (χ4n) is 5.36. The number of hydrogen-bond donors (Lipinski definition) is 0. The van der Waals surface area contributed by atoms with Gasteiger partial charge in [-0.3, -0.25) is 9.80 Å². The van der Waals surface area contributed by atoms with E-state index in [4.69, 9.17) is 9.47 Å². The quantitative estimate of drug-likeness (QED) is 0.594. The summed E-state index contributed by atoms with van der Waals surface area (Å²) in [6.07, 6.45) is 4.08. The minimum absolute atomic E-state index is 0.683. The summed E-state index contributed by atoms with van der Waals surface area (Å²) in [4.78, 5) is 5.39. The highest BCUT2D eigenvalue weighted by Crippen LogP contribution is 2.38. The van der Waals surface area contributed by atoms with Crippen molar-refractivity contribution in [3.63, 3.8) is 0 Å². The number of rotatable bonds is 9. The SMILES string of the molecule is CCC1CN2CCC1CC2CN(Cc1ccc(OC)cc1)Cc1ccc(OC)cc1. The van der Waals surface area contributed by atoms with Crippen molar-refractivity contribution in [2.75, 3.05) is 33.9 Å². The molecule has 0 aromatic heterocycles. The summed E-state index contributed by atoms with van der Waals surface area (Å²) >= 11 is 0. The molecular formula is C26H36N2O2. The van der Waals surface area contributed by atoms with Gasteiger partial charge < -0.3 is 9.47 Å². The lowest BCUT2D eigenvalue weighted by Crippen LogP contribution is -2.56. The van der Waals surface area contributed by atoms with Crippen LogP contribution in [0, 0.1) is 11.8 Å². The second-order valence-corrected chi connectivity index (χ2v) is 8.97. The standard InChI is InChI=1S/C26H36N2O2/c1-4-22-18-28-14-13-23(22)15-24(28)19-27(16-20-5-9-25(29-2)10-6-20)17-21-7-11-26(30-3)12-8-21/h5-12,22-24H,4,13-19H2,1-3H3. The van der Waals surface area contributed by atoms with Crippen LogP contribution in [0.5, 0.6) is 11.5 Å². The number of piperidine rings is 3. The maximum Gasteiger partial charge on any atom is 0.118 e. The summed E-state index contributed by atoms with van der Waals surface area (Å²) in [7, 11) is 3.45. The molecular weight excluding hydrogens is 372 g/mol. The second-order valence-electron chi connectivity index (χ2n) is 8.97. The van der Waals surface area contributed by atoms with E-state index in [1.807, 2.05) is 0 Å². The lowest BCUT2D eigenvalue weighted by Gasteiger charge is -2.51. The molecule has 2 bridgehead atoms. The first-order valence-corrected chi connectivity index (χ1v) is 11.4. The van der Waals surface area contributed by atoms with Crippen molar-refractivity contribution in [2.24, 2.45) is 11.8 Å². The Bertz CT molecular complexity index is 740. The van der Waals surface area contributed by atoms with E-state index < -0.39 is 0 Å². The zero-order valence-electron chi connectivity index (χ0n) is 18.7. The molecule has 4 unspecified atom stereocenters. The zero-order chi connectivity index (χ0) is 20.9. The van der Waals surface area contributed by atoms with Crippen LogP contribution >= 0.6 is 0 Å². The molecule has 0 N–H and O–H groups in total. The Kier molecular flexibility index (Phi) is 6.96. The topological polar surface area (TPSA) is 24.9 Å². The van der Waals surface area contributed by atoms with Gasteiger partial charge in [0.25, 0.3) is 0 Å². The van der Waals surface area contributed by atoms with Gasteiger partial charge in [-0.15, -0.1) is 0 Å². The Labute approximate surface area is 181 Å². The zero-order valence-corrected chi connectivity index (χ0v) is 18.7. The van der Waals surface area contributed by atoms with Crippen LogP contribution in [0.15, 0.2) is 48.5 Å². The molecule has 0 saturated carbocycles. The third-order valence-electron chi connectivity index (χ3n) is 7.14. The predicted octanol–water partition coefficient (Wildman–Crippen LogP) is 4.83. The Morgan fingerprint density at radius 3 is 1.90 bits per heavy atom. The monoisotopic (exact) mass is 408 g/mol. The van der Waals surface area contributed by atoms with E-state index in [-0.39, 0.29) is 0 Å². The molecule has 3 aliphatic rings. The maximum absolute atomic E-state index is 5.34. The molecule has 4 heteroatoms. The molecule has 4 nitrogen and oxygen atoms in total. The van der Waals surface area contributed by atoms with E-state index in [0.29, 0.717) is 6.04 Å². The number of benzene rings is 2. The van der Waals surface area contributed by atoms with Gasteiger partial charge in [-0.05, 0) is 66.6 Å². The average Bonchev–Trinajstić information content (AvgIpc) is 2.80. The van der Waals surface area contributed by atoms with Crippen LogP contribution < -0.4 is 9.47 Å². The van der Waals surface area contributed by atoms with Gasteiger partial charge in [-0.25, -0.2) is 0 Å². The van der Waals surface area contributed by atoms with Crippen molar-refractivity contribution in [1.82, 2.24) is 9.80 Å². The van der Waals surface area contributed by atoms with E-state index in [1.54, 1.807) is 14.2 Å². The molecule has 3 saturated heterocycles. The van der Waals surface area contributed by atoms with Crippen LogP contribution in [-0.2, 0) is 13.1 Å². The van der Waals surface area contributed by atoms with Crippen LogP contribution in [0.4, 0.5) is 0 Å². The minimum atomic E-state index is 0.683. The van der Waals surface area contributed by atoms with Gasteiger partial charge in [0, 0.05) is 32.2 Å². The van der Waals surface area contributed by atoms with Crippen molar-refractivity contribution in [2.45, 2.75) is 45.3 Å². The second kappa shape index (κ2) is 9.84. The van der Waals surface area contributed by atoms with Crippen LogP contribution in [-0.4, -0.2) is 49.7 Å². The van der Waals surface area contributed by atoms with Crippen molar-refractivity contribution in [3.05, 3.63) is 59.7 Å². The number of fused-ring (bicyclic) bond motifs is 3. The first kappa shape index (κ1) is 21.2. The molecule has 0 radical (unpaired) electrons. The number of ether oxygens (including phenoxy) is 2. The summed E-state index contributed by atoms with van der Waals surface area (Å²) < 4.78 is 10.7. The van der Waals surface area contributed by atoms with Gasteiger partial charge in [-0.1, -0.05) is 37.6 Å². The minimum Gasteiger partial charge on any atom is -0.497 e. The molecule has 3 fully saturated rings. The average molecular weight is 409 g/mol. The van der Waals surface area contributed by atoms with E-state index in [0.717, 1.165) is 43.0 Å². The smallest absolute Gasteiger partial charge is 0.118 e. The van der Waals surface area contributed by atoms with Crippen LogP contribution in [0.25, 0.3) is 0 Å². The molecule has 0 aliphatic carbocycles. The number of hydrogen-bond acceptors (Lipinski definition) is 4. The van der Waals surface area contributed by atoms with Crippen molar-refractivity contribution < 1.29 is 9.47 Å². The third kappa shape index (κ3) is 4.98. The molecule has 4 atom stereocenters. The summed E-state index contributed by atoms with van der Waals surface area (Å²) in [5.74, 6) is 3.67. The van der Waals surface area contributed by atoms with E-state index in [9.17, 15) is 0 Å². The maximum atomic E-state index is 5.34. The highest BCUT2D eigenvalue weighted by atomic mass is 16.5. The number of nitrogens with zero attached hydrogens (tertiary/aromatic N) is 2. The van der Waals surface area contributed by atoms with Crippen LogP contribution in [0.3, 0.4) is 0 Å². The van der Waals surface area contributed by atoms with Gasteiger partial charge >= 0.3 is 0 Å². The van der Waals surface area contributed by atoms with Crippen LogP contribution in [0.1, 0.15) is 37.3 Å². The Hall–Kier alpha value is -2.04. The van der Waals surface area contributed by atoms with E-state index in [1.165, 1.54) is 43.5 Å². The molecule has 2 aromatic carbocycles. The Balaban J connectivity index is 1.47. The lowest BCUT2D eigenvalue weighted by molar-refractivity contribution is -0.0161. The summed E-state index contributed by atoms with van der Waals surface area (Å²) in [5, 5.41) is 0. The van der Waals surface area contributed by atoms with Gasteiger partial charge in [0.2, 0.25) is 0 Å². The molecule has 3 aliphatic heterocycles. The fraction of sp³-hybridized carbons (Fsp3) is 0.538. The molecule has 162 valence electrons. The number of methoxy groups -OCH3 is 2. The highest BCUT2D eigenvalue weighted by Gasteiger charge is 2.39. The summed E-state index contributed by atoms with van der Waals surface area (Å²) in [5.41, 5.74) is 2.68. The van der Waals surface area contributed by atoms with Crippen LogP contribution in [0.2, 0.25) is 0 Å². The Morgan fingerprint density at radius 2 is 1.47 bits per heavy atom. The lowest BCUT2D eigenvalue weighted by atomic mass is 9.74. The van der Waals surface area contributed by atoms with Crippen molar-refractivity contribution >= 4 is 0 Å². The molecule has 3 heterocycles. The van der Waals surface area contributed by atoms with Crippen molar-refractivity contribution in [1.29, 1.82) is 0 Å². The molecule has 5 rings (SSSR count). The molecule has 2 aromatic rings. The van der Waals surface area contributed by atoms with E-state index in [2.05, 4.69) is 65.3 Å². The highest BCUT2D eigenvalue weighted by molar-refractivity contribution is 5.28. The predicted molar refractivity (Wildman–Crippen MR) is 122 cm³/mol. The summed E-state index contributed by atoms with van der Waals surface area (Å²) in [6.45, 7) is 7.99.